The number of benzene rings is 1. The van der Waals surface area contributed by atoms with E-state index < -0.39 is 0 Å². The zero-order valence-corrected chi connectivity index (χ0v) is 10.3. The molecule has 2 atom stereocenters. The molecular weight excluding hydrogens is 192 g/mol. The molecule has 0 saturated heterocycles. The summed E-state index contributed by atoms with van der Waals surface area (Å²) >= 11 is 0. The summed E-state index contributed by atoms with van der Waals surface area (Å²) in [5, 5.41) is 0. The molecular formula is C16H22. The molecule has 0 amide bonds. The lowest BCUT2D eigenvalue weighted by molar-refractivity contribution is 0.550. The van der Waals surface area contributed by atoms with E-state index in [0.29, 0.717) is 0 Å². The van der Waals surface area contributed by atoms with Crippen LogP contribution in [0.1, 0.15) is 49.1 Å². The molecule has 1 aliphatic rings. The SMILES string of the molecule is C=CC1CCCC(c2ccc(C)cc2)CC1. The van der Waals surface area contributed by atoms with Gasteiger partial charge >= 0.3 is 0 Å². The van der Waals surface area contributed by atoms with Gasteiger partial charge < -0.3 is 0 Å². The first-order valence-electron chi connectivity index (χ1n) is 6.48. The molecule has 0 radical (unpaired) electrons. The Hall–Kier alpha value is -1.04. The summed E-state index contributed by atoms with van der Waals surface area (Å²) in [6.07, 6.45) is 8.85. The molecule has 0 aromatic heterocycles. The third kappa shape index (κ3) is 2.75. The van der Waals surface area contributed by atoms with Gasteiger partial charge in [-0.25, -0.2) is 0 Å². The average molecular weight is 214 g/mol. The van der Waals surface area contributed by atoms with Gasteiger partial charge in [0.1, 0.15) is 0 Å². The summed E-state index contributed by atoms with van der Waals surface area (Å²) in [6, 6.07) is 9.11. The number of allylic oxidation sites excluding steroid dienone is 1. The van der Waals surface area contributed by atoms with Gasteiger partial charge in [0.15, 0.2) is 0 Å². The van der Waals surface area contributed by atoms with Gasteiger partial charge in [0, 0.05) is 0 Å². The maximum atomic E-state index is 3.94. The predicted octanol–water partition coefficient (Wildman–Crippen LogP) is 4.84. The van der Waals surface area contributed by atoms with Crippen LogP contribution in [0.25, 0.3) is 0 Å². The Bertz CT molecular complexity index is 334. The molecule has 2 rings (SSSR count). The highest BCUT2D eigenvalue weighted by molar-refractivity contribution is 5.24. The van der Waals surface area contributed by atoms with Gasteiger partial charge in [-0.2, -0.15) is 0 Å². The number of aryl methyl sites for hydroxylation is 1. The molecule has 0 N–H and O–H groups in total. The summed E-state index contributed by atoms with van der Waals surface area (Å²) in [6.45, 7) is 6.09. The van der Waals surface area contributed by atoms with E-state index in [1.165, 1.54) is 43.2 Å². The van der Waals surface area contributed by atoms with E-state index >= 15 is 0 Å². The second-order valence-electron chi connectivity index (χ2n) is 5.11. The van der Waals surface area contributed by atoms with E-state index in [0.717, 1.165) is 11.8 Å². The van der Waals surface area contributed by atoms with Crippen molar-refractivity contribution < 1.29 is 0 Å². The standard InChI is InChI=1S/C16H22/c1-3-14-5-4-6-15(12-9-14)16-10-7-13(2)8-11-16/h3,7-8,10-11,14-15H,1,4-6,9,12H2,2H3. The molecule has 1 aromatic carbocycles. The Balaban J connectivity index is 2.04. The van der Waals surface area contributed by atoms with Gasteiger partial charge in [0.05, 0.1) is 0 Å². The van der Waals surface area contributed by atoms with Crippen LogP contribution in [0.4, 0.5) is 0 Å². The fourth-order valence-corrected chi connectivity index (χ4v) is 2.74. The second-order valence-corrected chi connectivity index (χ2v) is 5.11. The Labute approximate surface area is 99.4 Å². The van der Waals surface area contributed by atoms with Crippen molar-refractivity contribution in [3.8, 4) is 0 Å². The van der Waals surface area contributed by atoms with Crippen LogP contribution in [0, 0.1) is 12.8 Å². The van der Waals surface area contributed by atoms with Gasteiger partial charge in [0.25, 0.3) is 0 Å². The largest absolute Gasteiger partial charge is 0.103 e. The zero-order valence-electron chi connectivity index (χ0n) is 10.3. The van der Waals surface area contributed by atoms with Gasteiger partial charge in [0.2, 0.25) is 0 Å². The average Bonchev–Trinajstić information content (AvgIpc) is 2.55. The van der Waals surface area contributed by atoms with Crippen molar-refractivity contribution in [2.45, 2.75) is 44.9 Å². The van der Waals surface area contributed by atoms with Crippen molar-refractivity contribution in [1.29, 1.82) is 0 Å². The summed E-state index contributed by atoms with van der Waals surface area (Å²) in [4.78, 5) is 0. The fraction of sp³-hybridized carbons (Fsp3) is 0.500. The molecule has 0 bridgehead atoms. The Morgan fingerprint density at radius 1 is 1.06 bits per heavy atom. The van der Waals surface area contributed by atoms with Crippen LogP contribution in [-0.4, -0.2) is 0 Å². The molecule has 2 unspecified atom stereocenters. The molecule has 0 nitrogen and oxygen atoms in total. The van der Waals surface area contributed by atoms with Crippen LogP contribution < -0.4 is 0 Å². The van der Waals surface area contributed by atoms with Crippen LogP contribution in [-0.2, 0) is 0 Å². The molecule has 0 heteroatoms. The number of rotatable bonds is 2. The molecule has 0 heterocycles. The van der Waals surface area contributed by atoms with E-state index in [1.54, 1.807) is 0 Å². The second kappa shape index (κ2) is 5.34. The van der Waals surface area contributed by atoms with E-state index in [1.807, 2.05) is 0 Å². The topological polar surface area (TPSA) is 0 Å². The lowest BCUT2D eigenvalue weighted by Crippen LogP contribution is -1.97. The Morgan fingerprint density at radius 2 is 1.81 bits per heavy atom. The third-order valence-corrected chi connectivity index (χ3v) is 3.90. The van der Waals surface area contributed by atoms with E-state index in [4.69, 9.17) is 0 Å². The van der Waals surface area contributed by atoms with Crippen molar-refractivity contribution in [3.05, 3.63) is 48.0 Å². The van der Waals surface area contributed by atoms with E-state index in [-0.39, 0.29) is 0 Å². The van der Waals surface area contributed by atoms with Crippen LogP contribution >= 0.6 is 0 Å². The quantitative estimate of drug-likeness (QED) is 0.488. The third-order valence-electron chi connectivity index (χ3n) is 3.90. The van der Waals surface area contributed by atoms with Gasteiger partial charge in [-0.1, -0.05) is 42.3 Å². The minimum absolute atomic E-state index is 0.760. The first-order chi connectivity index (χ1) is 7.79. The molecule has 0 aliphatic heterocycles. The number of hydrogen-bond acceptors (Lipinski definition) is 0. The maximum absolute atomic E-state index is 3.94. The van der Waals surface area contributed by atoms with Crippen molar-refractivity contribution in [1.82, 2.24) is 0 Å². The van der Waals surface area contributed by atoms with Gasteiger partial charge in [-0.3, -0.25) is 0 Å². The summed E-state index contributed by atoms with van der Waals surface area (Å²) < 4.78 is 0. The molecule has 1 aromatic rings. The smallest absolute Gasteiger partial charge is 0.0162 e. The summed E-state index contributed by atoms with van der Waals surface area (Å²) in [5.74, 6) is 1.54. The summed E-state index contributed by atoms with van der Waals surface area (Å²) in [7, 11) is 0. The van der Waals surface area contributed by atoms with Crippen molar-refractivity contribution in [2.75, 3.05) is 0 Å². The molecule has 1 fully saturated rings. The lowest BCUT2D eigenvalue weighted by atomic mass is 9.91. The Morgan fingerprint density at radius 3 is 2.50 bits per heavy atom. The fourth-order valence-electron chi connectivity index (χ4n) is 2.74. The normalized spacial score (nSPS) is 26.1. The lowest BCUT2D eigenvalue weighted by Gasteiger charge is -2.14. The van der Waals surface area contributed by atoms with Crippen LogP contribution in [0.5, 0.6) is 0 Å². The first kappa shape index (κ1) is 11.4. The molecule has 86 valence electrons. The Kier molecular flexibility index (Phi) is 3.82. The predicted molar refractivity (Wildman–Crippen MR) is 70.7 cm³/mol. The zero-order chi connectivity index (χ0) is 11.4. The molecule has 16 heavy (non-hydrogen) atoms. The highest BCUT2D eigenvalue weighted by Gasteiger charge is 2.18. The van der Waals surface area contributed by atoms with Crippen molar-refractivity contribution >= 4 is 0 Å². The van der Waals surface area contributed by atoms with Crippen molar-refractivity contribution in [3.63, 3.8) is 0 Å². The van der Waals surface area contributed by atoms with Crippen LogP contribution in [0.15, 0.2) is 36.9 Å². The van der Waals surface area contributed by atoms with E-state index in [2.05, 4.69) is 43.8 Å². The monoisotopic (exact) mass is 214 g/mol. The summed E-state index contributed by atoms with van der Waals surface area (Å²) in [5.41, 5.74) is 2.90. The maximum Gasteiger partial charge on any atom is -0.0162 e. The molecule has 0 spiro atoms. The van der Waals surface area contributed by atoms with Crippen LogP contribution in [0.3, 0.4) is 0 Å². The van der Waals surface area contributed by atoms with E-state index in [9.17, 15) is 0 Å². The molecule has 1 aliphatic carbocycles. The van der Waals surface area contributed by atoms with Crippen LogP contribution in [0.2, 0.25) is 0 Å². The number of hydrogen-bond donors (Lipinski definition) is 0. The first-order valence-corrected chi connectivity index (χ1v) is 6.48. The highest BCUT2D eigenvalue weighted by atomic mass is 14.2. The van der Waals surface area contributed by atoms with Gasteiger partial charge in [-0.05, 0) is 50.0 Å². The van der Waals surface area contributed by atoms with Gasteiger partial charge in [-0.15, -0.1) is 6.58 Å². The molecule has 1 saturated carbocycles. The minimum atomic E-state index is 0.760. The minimum Gasteiger partial charge on any atom is -0.103 e. The van der Waals surface area contributed by atoms with Crippen molar-refractivity contribution in [2.24, 2.45) is 5.92 Å². The highest BCUT2D eigenvalue weighted by Crippen LogP contribution is 2.34.